The third-order valence-corrected chi connectivity index (χ3v) is 2.75. The molecule has 2 unspecified atom stereocenters. The van der Waals surface area contributed by atoms with Crippen LogP contribution >= 0.6 is 0 Å². The fraction of sp³-hybridized carbons (Fsp3) is 0.462. The molecule has 100 valence electrons. The highest BCUT2D eigenvalue weighted by atomic mass is 19.3. The van der Waals surface area contributed by atoms with Crippen molar-refractivity contribution in [2.45, 2.75) is 25.9 Å². The average Bonchev–Trinajstić information content (AvgIpc) is 2.37. The van der Waals surface area contributed by atoms with Gasteiger partial charge >= 0.3 is 5.97 Å². The Morgan fingerprint density at radius 2 is 1.78 bits per heavy atom. The van der Waals surface area contributed by atoms with Crippen molar-refractivity contribution < 1.29 is 23.4 Å². The second kappa shape index (κ2) is 6.44. The Labute approximate surface area is 104 Å². The monoisotopic (exact) mass is 258 g/mol. The quantitative estimate of drug-likeness (QED) is 0.826. The van der Waals surface area contributed by atoms with Crippen molar-refractivity contribution in [1.29, 1.82) is 0 Å². The number of hydrogen-bond acceptors (Lipinski definition) is 3. The van der Waals surface area contributed by atoms with E-state index >= 15 is 0 Å². The molecule has 1 N–H and O–H groups in total. The van der Waals surface area contributed by atoms with Crippen LogP contribution in [0.3, 0.4) is 0 Å². The molecule has 0 radical (unpaired) electrons. The first kappa shape index (κ1) is 14.6. The highest BCUT2D eigenvalue weighted by Gasteiger charge is 2.19. The molecule has 0 heterocycles. The molecule has 0 aliphatic heterocycles. The van der Waals surface area contributed by atoms with Gasteiger partial charge in [0.25, 0.3) is 6.43 Å². The van der Waals surface area contributed by atoms with E-state index in [9.17, 15) is 18.7 Å². The fourth-order valence-electron chi connectivity index (χ4n) is 1.63. The van der Waals surface area contributed by atoms with Crippen molar-refractivity contribution in [2.75, 3.05) is 7.11 Å². The summed E-state index contributed by atoms with van der Waals surface area (Å²) in [5, 5.41) is 9.87. The molecular formula is C13H16F2O3. The topological polar surface area (TPSA) is 46.5 Å². The molecule has 0 aliphatic rings. The second-order valence-corrected chi connectivity index (χ2v) is 4.14. The predicted molar refractivity (Wildman–Crippen MR) is 62.2 cm³/mol. The van der Waals surface area contributed by atoms with Crippen LogP contribution in [-0.4, -0.2) is 18.2 Å². The number of aliphatic hydroxyl groups is 1. The Morgan fingerprint density at radius 3 is 2.22 bits per heavy atom. The summed E-state index contributed by atoms with van der Waals surface area (Å²) in [5.74, 6) is -0.849. The summed E-state index contributed by atoms with van der Waals surface area (Å²) in [5.41, 5.74) is 0.419. The summed E-state index contributed by atoms with van der Waals surface area (Å²) in [7, 11) is 1.28. The number of rotatable bonds is 5. The molecule has 0 spiro atoms. The number of ether oxygens (including phenoxy) is 1. The number of hydrogen-bond donors (Lipinski definition) is 1. The first-order chi connectivity index (χ1) is 8.45. The Balaban J connectivity index is 2.67. The number of methoxy groups -OCH3 is 1. The fourth-order valence-corrected chi connectivity index (χ4v) is 1.63. The number of carbonyl (C=O) groups excluding carboxylic acids is 1. The first-order valence-corrected chi connectivity index (χ1v) is 5.59. The molecule has 1 aromatic rings. The first-order valence-electron chi connectivity index (χ1n) is 5.59. The van der Waals surface area contributed by atoms with E-state index in [4.69, 9.17) is 0 Å². The average molecular weight is 258 g/mol. The third kappa shape index (κ3) is 3.77. The molecule has 1 rings (SSSR count). The number of alkyl halides is 2. The van der Waals surface area contributed by atoms with Crippen LogP contribution in [0.25, 0.3) is 0 Å². The van der Waals surface area contributed by atoms with Gasteiger partial charge in [-0.25, -0.2) is 8.78 Å². The molecule has 0 amide bonds. The Hall–Kier alpha value is -1.49. The molecule has 1 aromatic carbocycles. The zero-order valence-electron chi connectivity index (χ0n) is 10.3. The number of carbonyl (C=O) groups is 1. The van der Waals surface area contributed by atoms with Crippen molar-refractivity contribution in [3.63, 3.8) is 0 Å². The molecule has 0 bridgehead atoms. The van der Waals surface area contributed by atoms with Gasteiger partial charge in [-0.1, -0.05) is 31.2 Å². The van der Waals surface area contributed by atoms with Gasteiger partial charge in [0.05, 0.1) is 19.1 Å². The number of esters is 1. The lowest BCUT2D eigenvalue weighted by molar-refractivity contribution is -0.145. The molecule has 0 aromatic heterocycles. The molecule has 0 saturated carbocycles. The van der Waals surface area contributed by atoms with Gasteiger partial charge < -0.3 is 9.84 Å². The van der Waals surface area contributed by atoms with E-state index in [0.717, 1.165) is 0 Å². The zero-order valence-corrected chi connectivity index (χ0v) is 10.3. The van der Waals surface area contributed by atoms with Crippen molar-refractivity contribution >= 4 is 5.97 Å². The van der Waals surface area contributed by atoms with E-state index in [1.807, 2.05) is 0 Å². The van der Waals surface area contributed by atoms with Crippen molar-refractivity contribution in [3.8, 4) is 0 Å². The lowest BCUT2D eigenvalue weighted by Crippen LogP contribution is -2.16. The smallest absolute Gasteiger partial charge is 0.308 e. The zero-order chi connectivity index (χ0) is 13.7. The van der Waals surface area contributed by atoms with Crippen LogP contribution in [-0.2, 0) is 9.53 Å². The molecule has 0 fully saturated rings. The number of halogens is 2. The summed E-state index contributed by atoms with van der Waals surface area (Å²) >= 11 is 0. The summed E-state index contributed by atoms with van der Waals surface area (Å²) in [6, 6.07) is 5.42. The maximum absolute atomic E-state index is 12.3. The van der Waals surface area contributed by atoms with Crippen LogP contribution < -0.4 is 0 Å². The van der Waals surface area contributed by atoms with Gasteiger partial charge in [0.15, 0.2) is 0 Å². The maximum atomic E-state index is 12.3. The van der Waals surface area contributed by atoms with Gasteiger partial charge in [0.1, 0.15) is 0 Å². The minimum absolute atomic E-state index is 0.0908. The van der Waals surface area contributed by atoms with Crippen LogP contribution in [0, 0.1) is 5.92 Å². The number of aliphatic hydroxyl groups excluding tert-OH is 1. The van der Waals surface area contributed by atoms with E-state index in [1.54, 1.807) is 6.92 Å². The molecule has 0 saturated heterocycles. The maximum Gasteiger partial charge on any atom is 0.308 e. The van der Waals surface area contributed by atoms with E-state index in [2.05, 4.69) is 4.74 Å². The Bertz CT molecular complexity index is 390. The molecule has 18 heavy (non-hydrogen) atoms. The van der Waals surface area contributed by atoms with Gasteiger partial charge in [0.2, 0.25) is 0 Å². The standard InChI is InChI=1S/C13H16F2O3/c1-8(13(17)18-2)7-11(16)9-3-5-10(6-4-9)12(14)15/h3-6,8,11-12,16H,7H2,1-2H3. The van der Waals surface area contributed by atoms with E-state index in [0.29, 0.717) is 5.56 Å². The lowest BCUT2D eigenvalue weighted by Gasteiger charge is -2.15. The van der Waals surface area contributed by atoms with Gasteiger partial charge in [0, 0.05) is 5.56 Å². The van der Waals surface area contributed by atoms with Crippen molar-refractivity contribution in [2.24, 2.45) is 5.92 Å². The predicted octanol–water partition coefficient (Wildman–Crippen LogP) is 2.86. The van der Waals surface area contributed by atoms with Gasteiger partial charge in [-0.15, -0.1) is 0 Å². The van der Waals surface area contributed by atoms with Crippen LogP contribution in [0.15, 0.2) is 24.3 Å². The highest BCUT2D eigenvalue weighted by molar-refractivity contribution is 5.71. The van der Waals surface area contributed by atoms with Crippen LogP contribution in [0.5, 0.6) is 0 Å². The van der Waals surface area contributed by atoms with Gasteiger partial charge in [-0.05, 0) is 12.0 Å². The Kier molecular flexibility index (Phi) is 5.22. The molecule has 5 heteroatoms. The summed E-state index contributed by atoms with van der Waals surface area (Å²) in [4.78, 5) is 11.2. The molecule has 2 atom stereocenters. The van der Waals surface area contributed by atoms with Gasteiger partial charge in [-0.3, -0.25) is 4.79 Å². The Morgan fingerprint density at radius 1 is 1.28 bits per heavy atom. The van der Waals surface area contributed by atoms with E-state index in [-0.39, 0.29) is 12.0 Å². The van der Waals surface area contributed by atoms with Crippen LogP contribution in [0.1, 0.15) is 37.0 Å². The summed E-state index contributed by atoms with van der Waals surface area (Å²) in [6.07, 6.45) is -3.20. The van der Waals surface area contributed by atoms with Crippen LogP contribution in [0.2, 0.25) is 0 Å². The van der Waals surface area contributed by atoms with Crippen molar-refractivity contribution in [1.82, 2.24) is 0 Å². The third-order valence-electron chi connectivity index (χ3n) is 2.75. The molecule has 3 nitrogen and oxygen atoms in total. The summed E-state index contributed by atoms with van der Waals surface area (Å²) in [6.45, 7) is 1.64. The minimum atomic E-state index is -2.52. The van der Waals surface area contributed by atoms with E-state index < -0.39 is 24.4 Å². The van der Waals surface area contributed by atoms with Crippen LogP contribution in [0.4, 0.5) is 8.78 Å². The minimum Gasteiger partial charge on any atom is -0.469 e. The lowest BCUT2D eigenvalue weighted by atomic mass is 9.97. The van der Waals surface area contributed by atoms with E-state index in [1.165, 1.54) is 31.4 Å². The highest BCUT2D eigenvalue weighted by Crippen LogP contribution is 2.25. The van der Waals surface area contributed by atoms with Crippen molar-refractivity contribution in [3.05, 3.63) is 35.4 Å². The van der Waals surface area contributed by atoms with Gasteiger partial charge in [-0.2, -0.15) is 0 Å². The molecular weight excluding hydrogens is 242 g/mol. The SMILES string of the molecule is COC(=O)C(C)CC(O)c1ccc(C(F)F)cc1. The normalized spacial score (nSPS) is 14.3. The largest absolute Gasteiger partial charge is 0.469 e. The molecule has 0 aliphatic carbocycles. The number of benzene rings is 1. The second-order valence-electron chi connectivity index (χ2n) is 4.14. The summed E-state index contributed by atoms with van der Waals surface area (Å²) < 4.78 is 29.2.